The van der Waals surface area contributed by atoms with E-state index in [9.17, 15) is 4.79 Å². The van der Waals surface area contributed by atoms with Gasteiger partial charge >= 0.3 is 51.4 Å². The van der Waals surface area contributed by atoms with Gasteiger partial charge in [-0.3, -0.25) is 4.79 Å². The van der Waals surface area contributed by atoms with Gasteiger partial charge in [0.1, 0.15) is 0 Å². The van der Waals surface area contributed by atoms with E-state index in [4.69, 9.17) is 0 Å². The van der Waals surface area contributed by atoms with Crippen molar-refractivity contribution in [3.8, 4) is 0 Å². The van der Waals surface area contributed by atoms with Gasteiger partial charge in [-0.15, -0.1) is 0 Å². The first-order valence-corrected chi connectivity index (χ1v) is 2.58. The fourth-order valence-corrected chi connectivity index (χ4v) is 0.322. The third-order valence-corrected chi connectivity index (χ3v) is 0.695. The van der Waals surface area contributed by atoms with Crippen LogP contribution < -0.4 is 56.7 Å². The molecule has 0 aliphatic carbocycles. The van der Waals surface area contributed by atoms with Crippen LogP contribution in [0.5, 0.6) is 0 Å². The summed E-state index contributed by atoms with van der Waals surface area (Å²) in [5.74, 6) is 0.127. The third-order valence-electron chi connectivity index (χ3n) is 0.695. The zero-order chi connectivity index (χ0) is 5.70. The Hall–Kier alpha value is 1.11. The fourth-order valence-electron chi connectivity index (χ4n) is 0.322. The van der Waals surface area contributed by atoms with Crippen molar-refractivity contribution < 1.29 is 57.6 Å². The first-order valence-electron chi connectivity index (χ1n) is 2.58. The summed E-state index contributed by atoms with van der Waals surface area (Å²) in [5.41, 5.74) is 0. The Kier molecular flexibility index (Phi) is 12.0. The predicted molar refractivity (Wildman–Crippen MR) is 30.1 cm³/mol. The SMILES string of the molecule is CCNC(=O)CC.[H-].[K+]. The molecule has 1 amide bonds. The van der Waals surface area contributed by atoms with Crippen molar-refractivity contribution in [3.05, 3.63) is 0 Å². The molecule has 8 heavy (non-hydrogen) atoms. The third kappa shape index (κ3) is 7.11. The van der Waals surface area contributed by atoms with Crippen molar-refractivity contribution in [3.63, 3.8) is 0 Å². The molecule has 0 aliphatic heterocycles. The van der Waals surface area contributed by atoms with Crippen molar-refractivity contribution in [1.82, 2.24) is 5.32 Å². The van der Waals surface area contributed by atoms with Crippen molar-refractivity contribution in [1.29, 1.82) is 0 Å². The standard InChI is InChI=1S/C5H11NO.K.H/c1-3-5(7)6-4-2;;/h3-4H2,1-2H3,(H,6,7);;/q;+1;-1. The van der Waals surface area contributed by atoms with Crippen LogP contribution in [0.1, 0.15) is 21.7 Å². The Labute approximate surface area is 94.3 Å². The Morgan fingerprint density at radius 2 is 2.12 bits per heavy atom. The van der Waals surface area contributed by atoms with Gasteiger partial charge < -0.3 is 6.74 Å². The summed E-state index contributed by atoms with van der Waals surface area (Å²) < 4.78 is 0. The molecule has 1 N–H and O–H groups in total. The van der Waals surface area contributed by atoms with Crippen LogP contribution in [0.25, 0.3) is 0 Å². The molecule has 0 aromatic carbocycles. The molecule has 0 fully saturated rings. The fraction of sp³-hybridized carbons (Fsp3) is 0.800. The zero-order valence-corrected chi connectivity index (χ0v) is 8.95. The monoisotopic (exact) mass is 141 g/mol. The van der Waals surface area contributed by atoms with Crippen LogP contribution in [0.2, 0.25) is 0 Å². The minimum atomic E-state index is 0. The van der Waals surface area contributed by atoms with Crippen LogP contribution in [-0.2, 0) is 4.79 Å². The maximum atomic E-state index is 10.3. The van der Waals surface area contributed by atoms with E-state index in [1.807, 2.05) is 13.8 Å². The molecule has 2 nitrogen and oxygen atoms in total. The number of carbonyl (C=O) groups is 1. The molecule has 0 saturated carbocycles. The van der Waals surface area contributed by atoms with Gasteiger partial charge in [-0.2, -0.15) is 0 Å². The average molecular weight is 141 g/mol. The molecule has 0 unspecified atom stereocenters. The van der Waals surface area contributed by atoms with E-state index in [2.05, 4.69) is 5.32 Å². The zero-order valence-electron chi connectivity index (χ0n) is 6.82. The summed E-state index contributed by atoms with van der Waals surface area (Å²) in [7, 11) is 0. The molecule has 0 saturated heterocycles. The van der Waals surface area contributed by atoms with Gasteiger partial charge in [-0.1, -0.05) is 6.92 Å². The summed E-state index contributed by atoms with van der Waals surface area (Å²) in [5, 5.41) is 2.66. The molecule has 0 radical (unpaired) electrons. The molecule has 0 rings (SSSR count). The van der Waals surface area contributed by atoms with Crippen molar-refractivity contribution in [2.45, 2.75) is 20.3 Å². The van der Waals surface area contributed by atoms with E-state index in [1.54, 1.807) is 0 Å². The van der Waals surface area contributed by atoms with Gasteiger partial charge in [-0.25, -0.2) is 0 Å². The Morgan fingerprint density at radius 3 is 2.25 bits per heavy atom. The molecule has 0 bridgehead atoms. The van der Waals surface area contributed by atoms with Crippen LogP contribution >= 0.6 is 0 Å². The maximum Gasteiger partial charge on any atom is 1.00 e. The van der Waals surface area contributed by atoms with Gasteiger partial charge in [0, 0.05) is 13.0 Å². The number of carbonyl (C=O) groups excluding carboxylic acids is 1. The number of amides is 1. The molecule has 0 heterocycles. The van der Waals surface area contributed by atoms with Crippen LogP contribution in [0.3, 0.4) is 0 Å². The molecule has 0 aliphatic rings. The molecule has 44 valence electrons. The summed E-state index contributed by atoms with van der Waals surface area (Å²) in [6.07, 6.45) is 0.591. The summed E-state index contributed by atoms with van der Waals surface area (Å²) >= 11 is 0. The van der Waals surface area contributed by atoms with E-state index in [0.29, 0.717) is 6.42 Å². The molecule has 0 spiro atoms. The molecular formula is C5H12KNO. The van der Waals surface area contributed by atoms with Crippen molar-refractivity contribution in [2.24, 2.45) is 0 Å². The minimum absolute atomic E-state index is 0. The largest absolute Gasteiger partial charge is 1.00 e. The maximum absolute atomic E-state index is 10.3. The van der Waals surface area contributed by atoms with Crippen LogP contribution in [-0.4, -0.2) is 12.5 Å². The second kappa shape index (κ2) is 8.11. The van der Waals surface area contributed by atoms with E-state index in [1.165, 1.54) is 0 Å². The van der Waals surface area contributed by atoms with Crippen molar-refractivity contribution in [2.75, 3.05) is 6.54 Å². The number of hydrogen-bond acceptors (Lipinski definition) is 1. The Morgan fingerprint density at radius 1 is 1.62 bits per heavy atom. The topological polar surface area (TPSA) is 29.1 Å². The number of nitrogens with one attached hydrogen (secondary N) is 1. The summed E-state index contributed by atoms with van der Waals surface area (Å²) in [6, 6.07) is 0. The second-order valence-electron chi connectivity index (χ2n) is 1.31. The van der Waals surface area contributed by atoms with E-state index < -0.39 is 0 Å². The Balaban J connectivity index is -0.000000180. The second-order valence-corrected chi connectivity index (χ2v) is 1.31. The number of hydrogen-bond donors (Lipinski definition) is 1. The quantitative estimate of drug-likeness (QED) is 0.429. The van der Waals surface area contributed by atoms with Crippen LogP contribution in [0.4, 0.5) is 0 Å². The van der Waals surface area contributed by atoms with Gasteiger partial charge in [-0.05, 0) is 6.92 Å². The predicted octanol–water partition coefficient (Wildman–Crippen LogP) is -2.35. The Bertz CT molecular complexity index is 70.0. The normalized spacial score (nSPS) is 7.25. The molecule has 3 heteroatoms. The first kappa shape index (κ1) is 11.8. The minimum Gasteiger partial charge on any atom is -1.00 e. The van der Waals surface area contributed by atoms with E-state index >= 15 is 0 Å². The van der Waals surface area contributed by atoms with Gasteiger partial charge in [0.25, 0.3) is 0 Å². The van der Waals surface area contributed by atoms with E-state index in [-0.39, 0.29) is 58.7 Å². The molecule has 0 aromatic rings. The van der Waals surface area contributed by atoms with E-state index in [0.717, 1.165) is 6.54 Å². The van der Waals surface area contributed by atoms with Crippen molar-refractivity contribution >= 4 is 5.91 Å². The smallest absolute Gasteiger partial charge is 1.00 e. The van der Waals surface area contributed by atoms with Gasteiger partial charge in [0.05, 0.1) is 0 Å². The average Bonchev–Trinajstić information content (AvgIpc) is 1.68. The number of rotatable bonds is 2. The first-order chi connectivity index (χ1) is 3.31. The van der Waals surface area contributed by atoms with Gasteiger partial charge in [0.15, 0.2) is 0 Å². The summed E-state index contributed by atoms with van der Waals surface area (Å²) in [4.78, 5) is 10.3. The van der Waals surface area contributed by atoms with Crippen LogP contribution in [0.15, 0.2) is 0 Å². The summed E-state index contributed by atoms with van der Waals surface area (Å²) in [6.45, 7) is 4.49. The van der Waals surface area contributed by atoms with Gasteiger partial charge in [0.2, 0.25) is 5.91 Å². The molecule has 0 aromatic heterocycles. The molecular weight excluding hydrogens is 129 g/mol. The van der Waals surface area contributed by atoms with Crippen LogP contribution in [0, 0.1) is 0 Å². The molecule has 0 atom stereocenters.